The molecule has 2 aromatic rings. The number of para-hydroxylation sites is 1. The second-order valence-electron chi connectivity index (χ2n) is 5.19. The van der Waals surface area contributed by atoms with E-state index < -0.39 is 5.56 Å². The fraction of sp³-hybridized carbons (Fsp3) is 0.167. The Bertz CT molecular complexity index is 999. The van der Waals surface area contributed by atoms with E-state index in [1.54, 1.807) is 30.4 Å². The zero-order valence-electron chi connectivity index (χ0n) is 14.0. The average molecular weight is 371 g/mol. The zero-order chi connectivity index (χ0) is 19.1. The molecule has 134 valence electrons. The lowest BCUT2D eigenvalue weighted by molar-refractivity contribution is 0.273. The van der Waals surface area contributed by atoms with Crippen molar-refractivity contribution in [1.82, 2.24) is 9.97 Å². The molecule has 0 fully saturated rings. The largest absolute Gasteiger partial charge is 0.513 e. The second kappa shape index (κ2) is 8.69. The Balaban J connectivity index is 2.42. The van der Waals surface area contributed by atoms with Gasteiger partial charge in [-0.15, -0.1) is 0 Å². The molecule has 2 rings (SSSR count). The molecule has 1 heterocycles. The number of nitrogens with one attached hydrogen (secondary N) is 2. The van der Waals surface area contributed by atoms with E-state index in [0.29, 0.717) is 22.8 Å². The first-order valence-electron chi connectivity index (χ1n) is 7.57. The van der Waals surface area contributed by atoms with Crippen LogP contribution in [0.1, 0.15) is 23.2 Å². The number of nitriles is 1. The molecule has 26 heavy (non-hydrogen) atoms. The number of rotatable bonds is 7. The summed E-state index contributed by atoms with van der Waals surface area (Å²) in [5, 5.41) is 18.3. The van der Waals surface area contributed by atoms with Gasteiger partial charge in [0.1, 0.15) is 11.6 Å². The van der Waals surface area contributed by atoms with Crippen molar-refractivity contribution in [2.75, 3.05) is 13.7 Å². The lowest BCUT2D eigenvalue weighted by Crippen LogP contribution is -2.13. The summed E-state index contributed by atoms with van der Waals surface area (Å²) in [6.45, 7) is 3.63. The van der Waals surface area contributed by atoms with E-state index in [-0.39, 0.29) is 29.1 Å². The number of aromatic nitrogens is 2. The minimum Gasteiger partial charge on any atom is -0.513 e. The first kappa shape index (κ1) is 19.0. The van der Waals surface area contributed by atoms with Crippen LogP contribution in [0, 0.1) is 16.1 Å². The van der Waals surface area contributed by atoms with E-state index >= 15 is 0 Å². The predicted molar refractivity (Wildman–Crippen MR) is 101 cm³/mol. The first-order valence-corrected chi connectivity index (χ1v) is 7.98. The van der Waals surface area contributed by atoms with Crippen molar-refractivity contribution in [2.24, 2.45) is 0 Å². The highest BCUT2D eigenvalue weighted by atomic mass is 32.1. The summed E-state index contributed by atoms with van der Waals surface area (Å²) in [5.74, 6) is 0.997. The van der Waals surface area contributed by atoms with Gasteiger partial charge >= 0.3 is 0 Å². The minimum atomic E-state index is -0.556. The van der Waals surface area contributed by atoms with E-state index in [0.717, 1.165) is 0 Å². The van der Waals surface area contributed by atoms with Crippen LogP contribution in [0.25, 0.3) is 12.2 Å². The van der Waals surface area contributed by atoms with Crippen LogP contribution in [0.15, 0.2) is 35.3 Å². The summed E-state index contributed by atoms with van der Waals surface area (Å²) in [6.07, 6.45) is 3.52. The van der Waals surface area contributed by atoms with E-state index in [9.17, 15) is 9.90 Å². The summed E-state index contributed by atoms with van der Waals surface area (Å²) in [6, 6.07) is 7.15. The van der Waals surface area contributed by atoms with Crippen LogP contribution in [0.3, 0.4) is 0 Å². The summed E-state index contributed by atoms with van der Waals surface area (Å²) in [7, 11) is 1.52. The van der Waals surface area contributed by atoms with Gasteiger partial charge in [0.25, 0.3) is 5.56 Å². The molecule has 0 bridgehead atoms. The molecule has 1 aromatic carbocycles. The van der Waals surface area contributed by atoms with Gasteiger partial charge in [-0.3, -0.25) is 9.78 Å². The molecule has 0 atom stereocenters. The quantitative estimate of drug-likeness (QED) is 0.508. The number of H-pyrrole nitrogens is 2. The molecule has 0 saturated heterocycles. The van der Waals surface area contributed by atoms with Crippen molar-refractivity contribution >= 4 is 24.4 Å². The van der Waals surface area contributed by atoms with Gasteiger partial charge < -0.3 is 19.6 Å². The second-order valence-corrected chi connectivity index (χ2v) is 5.59. The third kappa shape index (κ3) is 4.62. The number of aliphatic hydroxyl groups is 1. The Morgan fingerprint density at radius 2 is 2.19 bits per heavy atom. The highest BCUT2D eigenvalue weighted by Gasteiger charge is 2.10. The molecule has 3 N–H and O–H groups in total. The average Bonchev–Trinajstić information content (AvgIpc) is 2.59. The van der Waals surface area contributed by atoms with Crippen molar-refractivity contribution in [3.63, 3.8) is 0 Å². The van der Waals surface area contributed by atoms with Gasteiger partial charge in [0.15, 0.2) is 16.3 Å². The van der Waals surface area contributed by atoms with Gasteiger partial charge in [-0.05, 0) is 30.4 Å². The van der Waals surface area contributed by atoms with Crippen LogP contribution in [0.2, 0.25) is 0 Å². The fourth-order valence-corrected chi connectivity index (χ4v) is 2.37. The molecule has 0 aliphatic heterocycles. The Hall–Kier alpha value is -3.31. The summed E-state index contributed by atoms with van der Waals surface area (Å²) >= 11 is 4.94. The Morgan fingerprint density at radius 1 is 1.42 bits per heavy atom. The number of hydrogen-bond donors (Lipinski definition) is 3. The third-order valence-corrected chi connectivity index (χ3v) is 3.58. The molecule has 0 unspecified atom stereocenters. The predicted octanol–water partition coefficient (Wildman–Crippen LogP) is 3.32. The van der Waals surface area contributed by atoms with Gasteiger partial charge in [-0.25, -0.2) is 0 Å². The molecule has 8 heteroatoms. The standard InChI is InChI=1S/C18H17N3O4S/c1-11(22)8-9-25-16-12(4-3-5-15(16)24-2)6-7-14-13(10-19)17(23)21-18(26)20-14/h3-7,22H,1,8-9H2,2H3,(H2,20,21,23,26)/b7-6+. The first-order chi connectivity index (χ1) is 12.5. The molecule has 0 aliphatic rings. The van der Waals surface area contributed by atoms with E-state index in [1.807, 2.05) is 6.07 Å². The summed E-state index contributed by atoms with van der Waals surface area (Å²) in [4.78, 5) is 16.9. The molecular weight excluding hydrogens is 354 g/mol. The highest BCUT2D eigenvalue weighted by molar-refractivity contribution is 7.71. The Morgan fingerprint density at radius 3 is 2.85 bits per heavy atom. The van der Waals surface area contributed by atoms with Crippen LogP contribution >= 0.6 is 12.2 Å². The summed E-state index contributed by atoms with van der Waals surface area (Å²) in [5.41, 5.74) is 0.325. The normalized spacial score (nSPS) is 10.5. The molecule has 7 nitrogen and oxygen atoms in total. The van der Waals surface area contributed by atoms with Crippen LogP contribution < -0.4 is 15.0 Å². The lowest BCUT2D eigenvalue weighted by Gasteiger charge is -2.13. The molecule has 0 aliphatic carbocycles. The third-order valence-electron chi connectivity index (χ3n) is 3.38. The molecule has 0 spiro atoms. The van der Waals surface area contributed by atoms with Gasteiger partial charge in [0.2, 0.25) is 0 Å². The van der Waals surface area contributed by atoms with Crippen molar-refractivity contribution < 1.29 is 14.6 Å². The van der Waals surface area contributed by atoms with Gasteiger partial charge in [-0.1, -0.05) is 18.7 Å². The Labute approximate surface area is 154 Å². The van der Waals surface area contributed by atoms with E-state index in [2.05, 4.69) is 16.5 Å². The number of ether oxygens (including phenoxy) is 2. The summed E-state index contributed by atoms with van der Waals surface area (Å²) < 4.78 is 11.1. The van der Waals surface area contributed by atoms with Gasteiger partial charge in [-0.2, -0.15) is 5.26 Å². The van der Waals surface area contributed by atoms with Crippen molar-refractivity contribution in [2.45, 2.75) is 6.42 Å². The maximum absolute atomic E-state index is 11.8. The number of benzene rings is 1. The molecular formula is C18H17N3O4S. The monoisotopic (exact) mass is 371 g/mol. The molecule has 1 aromatic heterocycles. The molecule has 0 saturated carbocycles. The topological polar surface area (TPSA) is 111 Å². The van der Waals surface area contributed by atoms with Gasteiger partial charge in [0, 0.05) is 12.0 Å². The highest BCUT2D eigenvalue weighted by Crippen LogP contribution is 2.32. The fourth-order valence-electron chi connectivity index (χ4n) is 2.16. The molecule has 0 radical (unpaired) electrons. The maximum Gasteiger partial charge on any atom is 0.270 e. The SMILES string of the molecule is C=C(O)CCOc1c(/C=C/c2[nH]c(=S)[nH]c(=O)c2C#N)cccc1OC. The maximum atomic E-state index is 11.8. The van der Waals surface area contributed by atoms with Crippen LogP contribution in [0.5, 0.6) is 11.5 Å². The van der Waals surface area contributed by atoms with Crippen LogP contribution in [-0.2, 0) is 0 Å². The van der Waals surface area contributed by atoms with Gasteiger partial charge in [0.05, 0.1) is 25.2 Å². The van der Waals surface area contributed by atoms with Crippen LogP contribution in [-0.4, -0.2) is 28.8 Å². The minimum absolute atomic E-state index is 0.0201. The molecule has 0 amide bonds. The lowest BCUT2D eigenvalue weighted by atomic mass is 10.1. The van der Waals surface area contributed by atoms with Crippen LogP contribution in [0.4, 0.5) is 0 Å². The van der Waals surface area contributed by atoms with E-state index in [1.165, 1.54) is 7.11 Å². The number of nitrogens with zero attached hydrogens (tertiary/aromatic N) is 1. The van der Waals surface area contributed by atoms with Crippen molar-refractivity contribution in [3.8, 4) is 17.6 Å². The smallest absolute Gasteiger partial charge is 0.270 e. The number of aliphatic hydroxyl groups excluding tert-OH is 1. The number of aromatic amines is 2. The number of hydrogen-bond acceptors (Lipinski definition) is 6. The van der Waals surface area contributed by atoms with Crippen molar-refractivity contribution in [3.05, 3.63) is 62.5 Å². The van der Waals surface area contributed by atoms with Crippen molar-refractivity contribution in [1.29, 1.82) is 5.26 Å². The van der Waals surface area contributed by atoms with E-state index in [4.69, 9.17) is 27.0 Å². The Kier molecular flexibility index (Phi) is 6.36. The number of methoxy groups -OCH3 is 1. The zero-order valence-corrected chi connectivity index (χ0v) is 14.9.